The fourth-order valence-corrected chi connectivity index (χ4v) is 8.68. The van der Waals surface area contributed by atoms with Crippen molar-refractivity contribution in [3.8, 4) is 0 Å². The molecule has 3 atom stereocenters. The van der Waals surface area contributed by atoms with E-state index in [0.717, 1.165) is 39.7 Å². The maximum Gasteiger partial charge on any atom is 0.418 e. The minimum absolute atomic E-state index is 0.217. The molecule has 7 nitrogen and oxygen atoms in total. The topological polar surface area (TPSA) is 88.5 Å². The van der Waals surface area contributed by atoms with Crippen LogP contribution in [0.15, 0.2) is 81.0 Å². The Bertz CT molecular complexity index is 1900. The molecule has 2 aliphatic rings. The van der Waals surface area contributed by atoms with Gasteiger partial charge in [-0.25, -0.2) is 4.90 Å². The Hall–Kier alpha value is -3.10. The van der Waals surface area contributed by atoms with Crippen LogP contribution >= 0.6 is 62.2 Å². The molecule has 2 unspecified atom stereocenters. The lowest BCUT2D eigenvalue weighted by molar-refractivity contribution is -0.137. The molecule has 44 heavy (non-hydrogen) atoms. The van der Waals surface area contributed by atoms with Crippen LogP contribution in [0.3, 0.4) is 0 Å². The fourth-order valence-electron chi connectivity index (χ4n) is 5.35. The molecule has 2 aliphatic heterocycles. The molecule has 6 rings (SSSR count). The normalized spacial score (nSPS) is 19.6. The average Bonchev–Trinajstić information content (AvgIpc) is 3.41. The van der Waals surface area contributed by atoms with Crippen LogP contribution in [-0.2, 0) is 27.1 Å². The maximum absolute atomic E-state index is 14.0. The SMILES string of the molecule is O=C(Cn1c2c(sc1=O)[C@H](c1ccc(Br)cc1)C1C(=O)N(c3ccccc3C(F)(F)F)C(=O)C1S2)Nc1ccc(Cl)c(Cl)c1. The van der Waals surface area contributed by atoms with E-state index >= 15 is 0 Å². The van der Waals surface area contributed by atoms with Gasteiger partial charge in [0, 0.05) is 21.0 Å². The lowest BCUT2D eigenvalue weighted by Crippen LogP contribution is -2.33. The van der Waals surface area contributed by atoms with Crippen molar-refractivity contribution in [2.75, 3.05) is 10.2 Å². The van der Waals surface area contributed by atoms with E-state index in [1.54, 1.807) is 24.3 Å². The zero-order chi connectivity index (χ0) is 31.5. The summed E-state index contributed by atoms with van der Waals surface area (Å²) in [6.07, 6.45) is -4.82. The summed E-state index contributed by atoms with van der Waals surface area (Å²) < 4.78 is 43.8. The number of imide groups is 1. The first-order valence-corrected chi connectivity index (χ1v) is 16.0. The lowest BCUT2D eigenvalue weighted by Gasteiger charge is -2.30. The van der Waals surface area contributed by atoms with E-state index < -0.39 is 63.7 Å². The van der Waals surface area contributed by atoms with Crippen LogP contribution in [0.25, 0.3) is 0 Å². The van der Waals surface area contributed by atoms with E-state index in [1.807, 2.05) is 0 Å². The number of hydrogen-bond acceptors (Lipinski definition) is 6. The van der Waals surface area contributed by atoms with E-state index in [4.69, 9.17) is 23.2 Å². The van der Waals surface area contributed by atoms with Gasteiger partial charge in [-0.15, -0.1) is 0 Å². The molecule has 1 fully saturated rings. The number of aromatic nitrogens is 1. The zero-order valence-electron chi connectivity index (χ0n) is 21.9. The molecule has 1 N–H and O–H groups in total. The van der Waals surface area contributed by atoms with Gasteiger partial charge in [0.25, 0.3) is 0 Å². The molecule has 0 aliphatic carbocycles. The summed E-state index contributed by atoms with van der Waals surface area (Å²) in [5.74, 6) is -4.13. The summed E-state index contributed by atoms with van der Waals surface area (Å²) in [5, 5.41) is 2.31. The number of hydrogen-bond donors (Lipinski definition) is 1. The van der Waals surface area contributed by atoms with Gasteiger partial charge in [-0.05, 0) is 48.0 Å². The van der Waals surface area contributed by atoms with Gasteiger partial charge in [0.1, 0.15) is 11.8 Å². The molecule has 3 amide bonds. The van der Waals surface area contributed by atoms with Gasteiger partial charge in [-0.3, -0.25) is 23.7 Å². The monoisotopic (exact) mass is 741 g/mol. The summed E-state index contributed by atoms with van der Waals surface area (Å²) in [6.45, 7) is -0.425. The Balaban J connectivity index is 1.42. The Morgan fingerprint density at radius 1 is 0.955 bits per heavy atom. The zero-order valence-corrected chi connectivity index (χ0v) is 26.6. The molecule has 1 saturated heterocycles. The second kappa shape index (κ2) is 11.7. The first-order chi connectivity index (χ1) is 20.8. The van der Waals surface area contributed by atoms with Crippen LogP contribution in [0.2, 0.25) is 10.0 Å². The Kier molecular flexibility index (Phi) is 8.20. The molecule has 3 aromatic carbocycles. The number of thioether (sulfide) groups is 1. The van der Waals surface area contributed by atoms with Crippen LogP contribution < -0.4 is 15.1 Å². The summed E-state index contributed by atoms with van der Waals surface area (Å²) in [5.41, 5.74) is -0.736. The minimum atomic E-state index is -4.82. The second-order valence-electron chi connectivity index (χ2n) is 9.92. The van der Waals surface area contributed by atoms with Gasteiger partial charge >= 0.3 is 11.0 Å². The van der Waals surface area contributed by atoms with Gasteiger partial charge in [0.2, 0.25) is 17.7 Å². The minimum Gasteiger partial charge on any atom is -0.324 e. The van der Waals surface area contributed by atoms with Gasteiger partial charge in [-0.1, -0.05) is 86.5 Å². The van der Waals surface area contributed by atoms with E-state index in [0.29, 0.717) is 31.1 Å². The third-order valence-electron chi connectivity index (χ3n) is 7.23. The molecule has 0 radical (unpaired) electrons. The average molecular weight is 743 g/mol. The number of thiazole rings is 1. The first-order valence-electron chi connectivity index (χ1n) is 12.8. The van der Waals surface area contributed by atoms with Crippen LogP contribution in [0.5, 0.6) is 0 Å². The number of nitrogens with zero attached hydrogens (tertiary/aromatic N) is 2. The molecule has 3 heterocycles. The Morgan fingerprint density at radius 2 is 1.66 bits per heavy atom. The standard InChI is InChI=1S/C29H17BrCl2F3N3O4S2/c30-14-7-5-13(6-8-14)21-22-23(26(41)38(25(22)40)19-4-2-1-3-16(19)29(33,34)35)43-27-24(21)44-28(42)37(27)12-20(39)36-15-9-10-17(31)18(32)11-15/h1-11,21-23H,12H2,(H,36,39)/t21-,22?,23?/m1/s1. The van der Waals surface area contributed by atoms with Gasteiger partial charge in [-0.2, -0.15) is 13.2 Å². The number of fused-ring (bicyclic) bond motifs is 2. The van der Waals surface area contributed by atoms with Crippen LogP contribution in [0.4, 0.5) is 24.5 Å². The predicted molar refractivity (Wildman–Crippen MR) is 167 cm³/mol. The van der Waals surface area contributed by atoms with E-state index in [-0.39, 0.29) is 5.02 Å². The molecular formula is C29H17BrCl2F3N3O4S2. The van der Waals surface area contributed by atoms with Crippen molar-refractivity contribution in [1.29, 1.82) is 0 Å². The number of rotatable bonds is 5. The molecule has 4 aromatic rings. The molecular weight excluding hydrogens is 726 g/mol. The summed E-state index contributed by atoms with van der Waals surface area (Å²) in [6, 6.07) is 15.8. The van der Waals surface area contributed by atoms with Crippen molar-refractivity contribution in [3.63, 3.8) is 0 Å². The van der Waals surface area contributed by atoms with Crippen LogP contribution in [-0.4, -0.2) is 27.5 Å². The summed E-state index contributed by atoms with van der Waals surface area (Å²) in [7, 11) is 0. The van der Waals surface area contributed by atoms with Gasteiger partial charge < -0.3 is 5.32 Å². The fraction of sp³-hybridized carbons (Fsp3) is 0.172. The molecule has 15 heteroatoms. The van der Waals surface area contributed by atoms with Crippen molar-refractivity contribution in [3.05, 3.63) is 107 Å². The van der Waals surface area contributed by atoms with Crippen molar-refractivity contribution in [2.24, 2.45) is 5.92 Å². The number of benzene rings is 3. The molecule has 0 spiro atoms. The smallest absolute Gasteiger partial charge is 0.324 e. The van der Waals surface area contributed by atoms with Crippen molar-refractivity contribution < 1.29 is 27.6 Å². The van der Waals surface area contributed by atoms with Gasteiger partial charge in [0.05, 0.1) is 32.2 Å². The third kappa shape index (κ3) is 5.49. The Labute approximate surface area is 274 Å². The largest absolute Gasteiger partial charge is 0.418 e. The number of anilines is 2. The van der Waals surface area contributed by atoms with E-state index in [9.17, 15) is 32.3 Å². The number of amides is 3. The van der Waals surface area contributed by atoms with Crippen molar-refractivity contribution >= 4 is 91.3 Å². The van der Waals surface area contributed by atoms with E-state index in [1.165, 1.54) is 34.9 Å². The highest BCUT2D eigenvalue weighted by Crippen LogP contribution is 2.54. The number of alkyl halides is 3. The molecule has 0 bridgehead atoms. The number of carbonyl (C=O) groups excluding carboxylic acids is 3. The van der Waals surface area contributed by atoms with Crippen molar-refractivity contribution in [2.45, 2.75) is 28.9 Å². The quantitative estimate of drug-likeness (QED) is 0.215. The molecule has 1 aromatic heterocycles. The highest BCUT2D eigenvalue weighted by molar-refractivity contribution is 9.10. The molecule has 0 saturated carbocycles. The second-order valence-corrected chi connectivity index (χ2v) is 13.8. The maximum atomic E-state index is 14.0. The highest BCUT2D eigenvalue weighted by Gasteiger charge is 2.57. The number of halogens is 6. The van der Waals surface area contributed by atoms with Crippen LogP contribution in [0, 0.1) is 5.92 Å². The highest BCUT2D eigenvalue weighted by atomic mass is 79.9. The first kappa shape index (κ1) is 30.9. The lowest BCUT2D eigenvalue weighted by atomic mass is 9.83. The summed E-state index contributed by atoms with van der Waals surface area (Å²) >= 11 is 17.1. The van der Waals surface area contributed by atoms with Crippen LogP contribution in [0.1, 0.15) is 21.9 Å². The van der Waals surface area contributed by atoms with Crippen molar-refractivity contribution in [1.82, 2.24) is 4.57 Å². The predicted octanol–water partition coefficient (Wildman–Crippen LogP) is 7.43. The van der Waals surface area contributed by atoms with E-state index in [2.05, 4.69) is 21.2 Å². The Morgan fingerprint density at radius 3 is 2.34 bits per heavy atom. The summed E-state index contributed by atoms with van der Waals surface area (Å²) in [4.78, 5) is 54.7. The number of para-hydroxylation sites is 1. The number of carbonyl (C=O) groups is 3. The third-order valence-corrected chi connectivity index (χ3v) is 11.1. The van der Waals surface area contributed by atoms with Gasteiger partial charge in [0.15, 0.2) is 0 Å². The number of nitrogens with one attached hydrogen (secondary N) is 1. The molecule has 226 valence electrons.